The molecule has 0 unspecified atom stereocenters. The first-order valence-corrected chi connectivity index (χ1v) is 10.7. The number of rotatable bonds is 3. The Morgan fingerprint density at radius 3 is 2.77 bits per heavy atom. The molecule has 6 rings (SSSR count). The molecular weight excluding hydrogens is 465 g/mol. The maximum atomic E-state index is 13.9. The highest BCUT2D eigenvalue weighted by Crippen LogP contribution is 2.40. The third-order valence-corrected chi connectivity index (χ3v) is 5.91. The number of fused-ring (bicyclic) bond motifs is 2. The Kier molecular flexibility index (Phi) is 4.59. The van der Waals surface area contributed by atoms with Crippen molar-refractivity contribution in [2.75, 3.05) is 6.54 Å². The number of oxazole rings is 1. The average Bonchev–Trinajstić information content (AvgIpc) is 3.61. The Hall–Kier alpha value is -4.35. The van der Waals surface area contributed by atoms with Crippen LogP contribution in [0.5, 0.6) is 0 Å². The largest absolute Gasteiger partial charge is 0.458 e. The number of alkyl halides is 3. The number of para-hydroxylation sites is 1. The van der Waals surface area contributed by atoms with Crippen LogP contribution in [-0.2, 0) is 19.6 Å². The second kappa shape index (κ2) is 7.58. The number of nitrogens with zero attached hydrogens (tertiary/aromatic N) is 5. The summed E-state index contributed by atoms with van der Waals surface area (Å²) >= 11 is 0. The van der Waals surface area contributed by atoms with Gasteiger partial charge in [-0.05, 0) is 12.1 Å². The van der Waals surface area contributed by atoms with Gasteiger partial charge in [0, 0.05) is 37.3 Å². The number of aromatic nitrogens is 5. The molecule has 1 N–H and O–H groups in total. The Labute approximate surface area is 195 Å². The van der Waals surface area contributed by atoms with E-state index in [1.165, 1.54) is 28.3 Å². The Morgan fingerprint density at radius 1 is 1.20 bits per heavy atom. The Bertz CT molecular complexity index is 1530. The van der Waals surface area contributed by atoms with Crippen molar-refractivity contribution in [1.82, 2.24) is 29.4 Å². The van der Waals surface area contributed by atoms with Gasteiger partial charge in [-0.15, -0.1) is 0 Å². The fourth-order valence-corrected chi connectivity index (χ4v) is 4.34. The molecule has 5 aromatic rings. The number of benzene rings is 1. The van der Waals surface area contributed by atoms with Gasteiger partial charge in [-0.25, -0.2) is 15.0 Å². The van der Waals surface area contributed by atoms with Crippen molar-refractivity contribution in [2.24, 2.45) is 7.05 Å². The summed E-state index contributed by atoms with van der Waals surface area (Å²) in [6.45, 7) is 0.118. The van der Waals surface area contributed by atoms with E-state index >= 15 is 0 Å². The lowest BCUT2D eigenvalue weighted by atomic mass is 9.99. The molecule has 0 spiro atoms. The van der Waals surface area contributed by atoms with Gasteiger partial charge in [0.1, 0.15) is 23.1 Å². The fourth-order valence-electron chi connectivity index (χ4n) is 4.34. The van der Waals surface area contributed by atoms with Gasteiger partial charge in [-0.3, -0.25) is 4.79 Å². The predicted molar refractivity (Wildman–Crippen MR) is 115 cm³/mol. The topological polar surface area (TPSA) is 106 Å². The normalized spacial score (nSPS) is 16.1. The van der Waals surface area contributed by atoms with Crippen molar-refractivity contribution in [3.05, 3.63) is 77.8 Å². The van der Waals surface area contributed by atoms with Crippen molar-refractivity contribution in [3.8, 4) is 11.6 Å². The van der Waals surface area contributed by atoms with Gasteiger partial charge >= 0.3 is 6.18 Å². The molecule has 35 heavy (non-hydrogen) atoms. The summed E-state index contributed by atoms with van der Waals surface area (Å²) in [5.41, 5.74) is 0.549. The fraction of sp³-hybridized carbons (Fsp3) is 0.217. The zero-order valence-corrected chi connectivity index (χ0v) is 18.2. The zero-order chi connectivity index (χ0) is 24.3. The minimum absolute atomic E-state index is 0.0825. The van der Waals surface area contributed by atoms with E-state index in [1.54, 1.807) is 19.2 Å². The van der Waals surface area contributed by atoms with Crippen LogP contribution in [0.3, 0.4) is 0 Å². The SMILES string of the molecule is Cn1cnc(-c2nc(C(F)(F)F)c(C(=O)N3CCc4[nH]cnc4[C@H]3c3cc4ccccc4o3)o2)c1. The summed E-state index contributed by atoms with van der Waals surface area (Å²) < 4.78 is 54.7. The molecule has 4 aromatic heterocycles. The molecule has 1 aromatic carbocycles. The van der Waals surface area contributed by atoms with Crippen LogP contribution >= 0.6 is 0 Å². The molecule has 0 radical (unpaired) electrons. The van der Waals surface area contributed by atoms with E-state index in [9.17, 15) is 18.0 Å². The molecule has 0 bridgehead atoms. The molecule has 9 nitrogen and oxygen atoms in total. The molecule has 1 aliphatic rings. The third kappa shape index (κ3) is 3.49. The van der Waals surface area contributed by atoms with E-state index in [0.717, 1.165) is 11.1 Å². The highest BCUT2D eigenvalue weighted by atomic mass is 19.4. The van der Waals surface area contributed by atoms with Gasteiger partial charge in [0.15, 0.2) is 5.69 Å². The van der Waals surface area contributed by atoms with Crippen LogP contribution in [0.15, 0.2) is 58.0 Å². The highest BCUT2D eigenvalue weighted by Gasteiger charge is 2.45. The molecule has 0 saturated carbocycles. The second-order valence-corrected chi connectivity index (χ2v) is 8.22. The molecular formula is C23H17F3N6O3. The Balaban J connectivity index is 1.47. The van der Waals surface area contributed by atoms with Crippen LogP contribution in [-0.4, -0.2) is 41.9 Å². The lowest BCUT2D eigenvalue weighted by molar-refractivity contribution is -0.141. The van der Waals surface area contributed by atoms with Crippen LogP contribution in [0.1, 0.15) is 39.4 Å². The van der Waals surface area contributed by atoms with Gasteiger partial charge in [0.2, 0.25) is 11.7 Å². The van der Waals surface area contributed by atoms with Crippen molar-refractivity contribution in [2.45, 2.75) is 18.6 Å². The van der Waals surface area contributed by atoms with Crippen molar-refractivity contribution in [3.63, 3.8) is 0 Å². The van der Waals surface area contributed by atoms with Gasteiger partial charge < -0.3 is 23.3 Å². The number of imidazole rings is 2. The Morgan fingerprint density at radius 2 is 2.03 bits per heavy atom. The molecule has 0 fully saturated rings. The maximum absolute atomic E-state index is 13.9. The first-order valence-electron chi connectivity index (χ1n) is 10.7. The third-order valence-electron chi connectivity index (χ3n) is 5.91. The van der Waals surface area contributed by atoms with Gasteiger partial charge in [-0.1, -0.05) is 18.2 Å². The summed E-state index contributed by atoms with van der Waals surface area (Å²) in [6, 6.07) is 8.18. The summed E-state index contributed by atoms with van der Waals surface area (Å²) in [6.07, 6.45) is -0.197. The standard InChI is InChI=1S/C23H17F3N6O3/c1-31-9-14(29-11-31)21-30-20(23(24,25)26)19(35-21)22(33)32-7-6-13-17(28-10-27-13)18(32)16-8-12-4-2-3-5-15(12)34-16/h2-5,8-11,18H,6-7H2,1H3,(H,27,28)/t18-/m1/s1. The summed E-state index contributed by atoms with van der Waals surface area (Å²) in [5, 5.41) is 0.797. The summed E-state index contributed by atoms with van der Waals surface area (Å²) in [4.78, 5) is 29.9. The van der Waals surface area contributed by atoms with E-state index in [0.29, 0.717) is 23.5 Å². The quantitative estimate of drug-likeness (QED) is 0.410. The number of amides is 1. The number of hydrogen-bond acceptors (Lipinski definition) is 6. The zero-order valence-electron chi connectivity index (χ0n) is 18.2. The minimum atomic E-state index is -4.91. The van der Waals surface area contributed by atoms with Crippen molar-refractivity contribution >= 4 is 16.9 Å². The monoisotopic (exact) mass is 482 g/mol. The summed E-state index contributed by atoms with van der Waals surface area (Å²) in [7, 11) is 1.66. The minimum Gasteiger partial charge on any atom is -0.458 e. The van der Waals surface area contributed by atoms with E-state index in [-0.39, 0.29) is 18.1 Å². The molecule has 178 valence electrons. The second-order valence-electron chi connectivity index (χ2n) is 8.22. The lowest BCUT2D eigenvalue weighted by Crippen LogP contribution is -2.41. The number of aryl methyl sites for hydroxylation is 1. The lowest BCUT2D eigenvalue weighted by Gasteiger charge is -2.33. The van der Waals surface area contributed by atoms with Gasteiger partial charge in [0.05, 0.1) is 18.3 Å². The van der Waals surface area contributed by atoms with Crippen LogP contribution in [0, 0.1) is 0 Å². The molecule has 12 heteroatoms. The van der Waals surface area contributed by atoms with E-state index in [1.807, 2.05) is 18.2 Å². The van der Waals surface area contributed by atoms with E-state index < -0.39 is 29.6 Å². The molecule has 1 aliphatic heterocycles. The number of carbonyl (C=O) groups is 1. The van der Waals surface area contributed by atoms with Crippen LogP contribution in [0.4, 0.5) is 13.2 Å². The van der Waals surface area contributed by atoms with Crippen molar-refractivity contribution < 1.29 is 26.8 Å². The van der Waals surface area contributed by atoms with Gasteiger partial charge in [-0.2, -0.15) is 13.2 Å². The smallest absolute Gasteiger partial charge is 0.437 e. The molecule has 0 aliphatic carbocycles. The van der Waals surface area contributed by atoms with Gasteiger partial charge in [0.25, 0.3) is 5.91 Å². The average molecular weight is 482 g/mol. The highest BCUT2D eigenvalue weighted by molar-refractivity contribution is 5.94. The van der Waals surface area contributed by atoms with Crippen molar-refractivity contribution in [1.29, 1.82) is 0 Å². The number of nitrogens with one attached hydrogen (secondary N) is 1. The van der Waals surface area contributed by atoms with Crippen LogP contribution in [0.25, 0.3) is 22.6 Å². The number of halogens is 3. The maximum Gasteiger partial charge on any atom is 0.437 e. The van der Waals surface area contributed by atoms with Crippen LogP contribution < -0.4 is 0 Å². The molecule has 1 atom stereocenters. The van der Waals surface area contributed by atoms with Crippen LogP contribution in [0.2, 0.25) is 0 Å². The first kappa shape index (κ1) is 21.2. The van der Waals surface area contributed by atoms with E-state index in [4.69, 9.17) is 8.83 Å². The summed E-state index contributed by atoms with van der Waals surface area (Å²) in [5.74, 6) is -1.88. The molecule has 0 saturated heterocycles. The number of aromatic amines is 1. The number of carbonyl (C=O) groups excluding carboxylic acids is 1. The number of hydrogen-bond donors (Lipinski definition) is 1. The predicted octanol–water partition coefficient (Wildman–Crippen LogP) is 4.35. The number of H-pyrrole nitrogens is 1. The van der Waals surface area contributed by atoms with E-state index in [2.05, 4.69) is 19.9 Å². The molecule has 5 heterocycles. The number of furan rings is 1. The molecule has 1 amide bonds. The first-order chi connectivity index (χ1) is 16.8.